The summed E-state index contributed by atoms with van der Waals surface area (Å²) in [4.78, 5) is 27.4. The van der Waals surface area contributed by atoms with Crippen molar-refractivity contribution < 1.29 is 14.7 Å². The smallest absolute Gasteiger partial charge is 0.317 e. The molecule has 0 saturated carbocycles. The van der Waals surface area contributed by atoms with Crippen LogP contribution in [0.4, 0.5) is 4.79 Å². The Morgan fingerprint density at radius 2 is 2.04 bits per heavy atom. The summed E-state index contributed by atoms with van der Waals surface area (Å²) in [6, 6.07) is 6.11. The number of amides is 2. The van der Waals surface area contributed by atoms with Gasteiger partial charge in [0.05, 0.1) is 12.6 Å². The number of urea groups is 1. The van der Waals surface area contributed by atoms with Crippen LogP contribution in [0, 0.1) is 0 Å². The maximum atomic E-state index is 12.6. The van der Waals surface area contributed by atoms with Crippen molar-refractivity contribution >= 4 is 23.6 Å². The molecule has 1 atom stereocenters. The van der Waals surface area contributed by atoms with E-state index in [1.165, 1.54) is 5.56 Å². The zero-order valence-corrected chi connectivity index (χ0v) is 15.8. The van der Waals surface area contributed by atoms with Crippen molar-refractivity contribution in [1.82, 2.24) is 15.1 Å². The van der Waals surface area contributed by atoms with Gasteiger partial charge in [-0.15, -0.1) is 0 Å². The number of rotatable bonds is 5. The summed E-state index contributed by atoms with van der Waals surface area (Å²) < 4.78 is 0. The largest absolute Gasteiger partial charge is 0.480 e. The number of hydrogen-bond donors (Lipinski definition) is 2. The Bertz CT molecular complexity index is 674. The lowest BCUT2D eigenvalue weighted by Gasteiger charge is -2.37. The van der Waals surface area contributed by atoms with Crippen molar-refractivity contribution in [3.63, 3.8) is 0 Å². The van der Waals surface area contributed by atoms with Gasteiger partial charge in [0.15, 0.2) is 0 Å². The average Bonchev–Trinajstić information content (AvgIpc) is 3.01. The number of hydrogen-bond acceptors (Lipinski definition) is 3. The van der Waals surface area contributed by atoms with Crippen LogP contribution in [0.1, 0.15) is 43.4 Å². The van der Waals surface area contributed by atoms with Crippen LogP contribution in [0.3, 0.4) is 0 Å². The van der Waals surface area contributed by atoms with E-state index in [1.807, 2.05) is 34.9 Å². The summed E-state index contributed by atoms with van der Waals surface area (Å²) in [5.41, 5.74) is 2.38. The molecule has 1 unspecified atom stereocenters. The van der Waals surface area contributed by atoms with Crippen LogP contribution in [-0.4, -0.2) is 59.1 Å². The molecule has 3 rings (SSSR count). The fraction of sp³-hybridized carbons (Fsp3) is 0.579. The Morgan fingerprint density at radius 1 is 1.31 bits per heavy atom. The van der Waals surface area contributed by atoms with Gasteiger partial charge in [-0.05, 0) is 55.5 Å². The van der Waals surface area contributed by atoms with E-state index in [-0.39, 0.29) is 24.7 Å². The van der Waals surface area contributed by atoms with Crippen molar-refractivity contribution in [3.05, 3.63) is 34.3 Å². The molecular formula is C19H26ClN3O3. The standard InChI is InChI=1S/C19H26ClN3O3/c1-2-22(12-18(24)25)15-7-9-23(10-8-15)19(26)21-17-6-3-13-11-14(20)4-5-16(13)17/h4-5,11,15,17H,2-3,6-10,12H2,1H3,(H,21,26)(H,24,25). The highest BCUT2D eigenvalue weighted by molar-refractivity contribution is 6.30. The lowest BCUT2D eigenvalue weighted by Crippen LogP contribution is -2.50. The first-order valence-corrected chi connectivity index (χ1v) is 9.65. The Balaban J connectivity index is 1.53. The first-order valence-electron chi connectivity index (χ1n) is 9.27. The Kier molecular flexibility index (Phi) is 6.04. The van der Waals surface area contributed by atoms with E-state index < -0.39 is 5.97 Å². The third-order valence-electron chi connectivity index (χ3n) is 5.49. The number of nitrogens with zero attached hydrogens (tertiary/aromatic N) is 2. The van der Waals surface area contributed by atoms with Gasteiger partial charge in [-0.25, -0.2) is 4.79 Å². The van der Waals surface area contributed by atoms with Crippen LogP contribution in [0.15, 0.2) is 18.2 Å². The molecule has 2 aliphatic rings. The maximum Gasteiger partial charge on any atom is 0.317 e. The number of likely N-dealkylation sites (tertiary alicyclic amines) is 1. The third kappa shape index (κ3) is 4.30. The van der Waals surface area contributed by atoms with Gasteiger partial charge in [0.1, 0.15) is 0 Å². The van der Waals surface area contributed by atoms with Crippen molar-refractivity contribution in [1.29, 1.82) is 0 Å². The predicted molar refractivity (Wildman–Crippen MR) is 101 cm³/mol. The number of aryl methyl sites for hydroxylation is 1. The second-order valence-corrected chi connectivity index (χ2v) is 7.50. The van der Waals surface area contributed by atoms with Crippen LogP contribution in [0.2, 0.25) is 5.02 Å². The van der Waals surface area contributed by atoms with Gasteiger partial charge >= 0.3 is 12.0 Å². The number of carboxylic acid groups (broad SMARTS) is 1. The quantitative estimate of drug-likeness (QED) is 0.825. The summed E-state index contributed by atoms with van der Waals surface area (Å²) in [6.45, 7) is 4.07. The zero-order chi connectivity index (χ0) is 18.7. The molecule has 1 aromatic carbocycles. The molecule has 2 N–H and O–H groups in total. The van der Waals surface area contributed by atoms with Gasteiger partial charge in [0, 0.05) is 24.2 Å². The van der Waals surface area contributed by atoms with E-state index >= 15 is 0 Å². The number of aliphatic carboxylic acids is 1. The van der Waals surface area contributed by atoms with E-state index in [4.69, 9.17) is 16.7 Å². The number of fused-ring (bicyclic) bond motifs is 1. The Labute approximate surface area is 159 Å². The highest BCUT2D eigenvalue weighted by atomic mass is 35.5. The van der Waals surface area contributed by atoms with Gasteiger partial charge < -0.3 is 15.3 Å². The monoisotopic (exact) mass is 379 g/mol. The van der Waals surface area contributed by atoms with E-state index in [9.17, 15) is 9.59 Å². The molecule has 1 saturated heterocycles. The lowest BCUT2D eigenvalue weighted by atomic mass is 10.0. The predicted octanol–water partition coefficient (Wildman–Crippen LogP) is 2.91. The fourth-order valence-corrected chi connectivity index (χ4v) is 4.28. The molecule has 0 aromatic heterocycles. The van der Waals surface area contributed by atoms with E-state index in [0.717, 1.165) is 36.3 Å². The summed E-state index contributed by atoms with van der Waals surface area (Å²) >= 11 is 6.04. The molecule has 0 bridgehead atoms. The topological polar surface area (TPSA) is 72.9 Å². The Morgan fingerprint density at radius 3 is 2.69 bits per heavy atom. The van der Waals surface area contributed by atoms with Crippen LogP contribution in [-0.2, 0) is 11.2 Å². The van der Waals surface area contributed by atoms with E-state index in [1.54, 1.807) is 0 Å². The number of carbonyl (C=O) groups is 2. The molecule has 6 nitrogen and oxygen atoms in total. The number of carbonyl (C=O) groups excluding carboxylic acids is 1. The zero-order valence-electron chi connectivity index (χ0n) is 15.1. The van der Waals surface area contributed by atoms with Crippen LogP contribution < -0.4 is 5.32 Å². The second kappa shape index (κ2) is 8.27. The van der Waals surface area contributed by atoms with Crippen molar-refractivity contribution in [3.8, 4) is 0 Å². The number of likely N-dealkylation sites (N-methyl/N-ethyl adjacent to an activating group) is 1. The number of carboxylic acids is 1. The lowest BCUT2D eigenvalue weighted by molar-refractivity contribution is -0.139. The molecular weight excluding hydrogens is 354 g/mol. The molecule has 0 radical (unpaired) electrons. The molecule has 1 aromatic rings. The molecule has 1 aliphatic carbocycles. The van der Waals surface area contributed by atoms with E-state index in [0.29, 0.717) is 19.6 Å². The van der Waals surface area contributed by atoms with Gasteiger partial charge in [-0.1, -0.05) is 24.6 Å². The summed E-state index contributed by atoms with van der Waals surface area (Å²) in [5, 5.41) is 12.9. The first-order chi connectivity index (χ1) is 12.5. The van der Waals surface area contributed by atoms with Gasteiger partial charge in [0.2, 0.25) is 0 Å². The highest BCUT2D eigenvalue weighted by Gasteiger charge is 2.30. The number of halogens is 1. The molecule has 26 heavy (non-hydrogen) atoms. The molecule has 1 aliphatic heterocycles. The molecule has 2 amide bonds. The number of piperidine rings is 1. The minimum atomic E-state index is -0.799. The number of benzene rings is 1. The maximum absolute atomic E-state index is 12.6. The summed E-state index contributed by atoms with van der Waals surface area (Å²) in [7, 11) is 0. The van der Waals surface area contributed by atoms with Gasteiger partial charge in [0.25, 0.3) is 0 Å². The van der Waals surface area contributed by atoms with Crippen molar-refractivity contribution in [2.75, 3.05) is 26.2 Å². The molecule has 1 fully saturated rings. The molecule has 0 spiro atoms. The fourth-order valence-electron chi connectivity index (χ4n) is 4.08. The van der Waals surface area contributed by atoms with Crippen LogP contribution in [0.25, 0.3) is 0 Å². The van der Waals surface area contributed by atoms with Gasteiger partial charge in [-0.3, -0.25) is 9.69 Å². The van der Waals surface area contributed by atoms with Crippen LogP contribution >= 0.6 is 11.6 Å². The summed E-state index contributed by atoms with van der Waals surface area (Å²) in [5.74, 6) is -0.799. The normalized spacial score (nSPS) is 20.3. The van der Waals surface area contributed by atoms with E-state index in [2.05, 4.69) is 5.32 Å². The Hall–Kier alpha value is -1.79. The van der Waals surface area contributed by atoms with Crippen molar-refractivity contribution in [2.24, 2.45) is 0 Å². The van der Waals surface area contributed by atoms with Crippen molar-refractivity contribution in [2.45, 2.75) is 44.7 Å². The summed E-state index contributed by atoms with van der Waals surface area (Å²) in [6.07, 6.45) is 3.46. The van der Waals surface area contributed by atoms with Crippen LogP contribution in [0.5, 0.6) is 0 Å². The molecule has 142 valence electrons. The average molecular weight is 380 g/mol. The minimum absolute atomic E-state index is 0.0301. The first kappa shape index (κ1) is 19.0. The minimum Gasteiger partial charge on any atom is -0.480 e. The molecule has 7 heteroatoms. The highest BCUT2D eigenvalue weighted by Crippen LogP contribution is 2.33. The number of nitrogens with one attached hydrogen (secondary N) is 1. The third-order valence-corrected chi connectivity index (χ3v) is 5.73. The SMILES string of the molecule is CCN(CC(=O)O)C1CCN(C(=O)NC2CCc3cc(Cl)ccc32)CC1. The second-order valence-electron chi connectivity index (χ2n) is 7.06. The molecule has 1 heterocycles. The van der Waals surface area contributed by atoms with Gasteiger partial charge in [-0.2, -0.15) is 0 Å².